The number of aryl methyl sites for hydroxylation is 1. The summed E-state index contributed by atoms with van der Waals surface area (Å²) >= 11 is 0. The van der Waals surface area contributed by atoms with E-state index in [1.165, 1.54) is 12.1 Å². The molecule has 0 spiro atoms. The predicted molar refractivity (Wildman–Crippen MR) is 82.3 cm³/mol. The first-order valence-corrected chi connectivity index (χ1v) is 7.69. The fourth-order valence-electron chi connectivity index (χ4n) is 2.91. The number of nitrogens with two attached hydrogens (primary N) is 1. The van der Waals surface area contributed by atoms with Crippen molar-refractivity contribution in [3.05, 3.63) is 35.6 Å². The van der Waals surface area contributed by atoms with Gasteiger partial charge < -0.3 is 10.6 Å². The standard InChI is InChI=1S/C17H25FN2O/c1-17(2,19)16(21)20-11-3-4-14(12-20)6-5-13-7-9-15(18)10-8-13/h7-10,14H,3-6,11-12,19H2,1-2H3/t14-/m0/s1. The van der Waals surface area contributed by atoms with Gasteiger partial charge in [-0.25, -0.2) is 4.39 Å². The van der Waals surface area contributed by atoms with Crippen molar-refractivity contribution in [3.8, 4) is 0 Å². The van der Waals surface area contributed by atoms with Crippen LogP contribution in [0.4, 0.5) is 4.39 Å². The fraction of sp³-hybridized carbons (Fsp3) is 0.588. The second-order valence-electron chi connectivity index (χ2n) is 6.65. The Morgan fingerprint density at radius 3 is 2.67 bits per heavy atom. The number of piperidine rings is 1. The van der Waals surface area contributed by atoms with Crippen molar-refractivity contribution in [1.82, 2.24) is 4.90 Å². The predicted octanol–water partition coefficient (Wildman–Crippen LogP) is 2.73. The molecule has 1 atom stereocenters. The maximum Gasteiger partial charge on any atom is 0.242 e. The maximum absolute atomic E-state index is 12.9. The second-order valence-corrected chi connectivity index (χ2v) is 6.65. The van der Waals surface area contributed by atoms with Gasteiger partial charge in [-0.3, -0.25) is 4.79 Å². The zero-order valence-electron chi connectivity index (χ0n) is 12.9. The van der Waals surface area contributed by atoms with Gasteiger partial charge >= 0.3 is 0 Å². The van der Waals surface area contributed by atoms with Crippen LogP contribution < -0.4 is 5.73 Å². The number of amides is 1. The molecule has 2 N–H and O–H groups in total. The fourth-order valence-corrected chi connectivity index (χ4v) is 2.91. The van der Waals surface area contributed by atoms with E-state index in [4.69, 9.17) is 5.73 Å². The highest BCUT2D eigenvalue weighted by Gasteiger charge is 2.31. The summed E-state index contributed by atoms with van der Waals surface area (Å²) in [5, 5.41) is 0. The third kappa shape index (κ3) is 4.53. The van der Waals surface area contributed by atoms with Crippen LogP contribution in [-0.2, 0) is 11.2 Å². The molecule has 3 nitrogen and oxygen atoms in total. The Labute approximate surface area is 126 Å². The minimum atomic E-state index is -0.793. The maximum atomic E-state index is 12.9. The monoisotopic (exact) mass is 292 g/mol. The lowest BCUT2D eigenvalue weighted by Crippen LogP contribution is -2.53. The van der Waals surface area contributed by atoms with E-state index in [9.17, 15) is 9.18 Å². The van der Waals surface area contributed by atoms with Crippen LogP contribution in [0.5, 0.6) is 0 Å². The summed E-state index contributed by atoms with van der Waals surface area (Å²) < 4.78 is 12.9. The first kappa shape index (κ1) is 16.0. The zero-order valence-corrected chi connectivity index (χ0v) is 12.9. The lowest BCUT2D eigenvalue weighted by Gasteiger charge is -2.36. The number of nitrogens with zero attached hydrogens (tertiary/aromatic N) is 1. The molecule has 1 aliphatic heterocycles. The van der Waals surface area contributed by atoms with E-state index in [1.807, 2.05) is 17.0 Å². The van der Waals surface area contributed by atoms with Gasteiger partial charge in [0.2, 0.25) is 5.91 Å². The summed E-state index contributed by atoms with van der Waals surface area (Å²) in [4.78, 5) is 14.1. The van der Waals surface area contributed by atoms with E-state index in [0.717, 1.165) is 44.3 Å². The van der Waals surface area contributed by atoms with Crippen LogP contribution in [0.2, 0.25) is 0 Å². The van der Waals surface area contributed by atoms with E-state index in [1.54, 1.807) is 13.8 Å². The minimum Gasteiger partial charge on any atom is -0.341 e. The van der Waals surface area contributed by atoms with E-state index in [2.05, 4.69) is 0 Å². The molecule has 2 rings (SSSR count). The molecule has 1 fully saturated rings. The van der Waals surface area contributed by atoms with E-state index < -0.39 is 5.54 Å². The number of hydrogen-bond acceptors (Lipinski definition) is 2. The van der Waals surface area contributed by atoms with Gasteiger partial charge in [-0.2, -0.15) is 0 Å². The molecule has 0 unspecified atom stereocenters. The Balaban J connectivity index is 1.87. The largest absolute Gasteiger partial charge is 0.341 e. The van der Waals surface area contributed by atoms with Gasteiger partial charge in [-0.05, 0) is 63.1 Å². The van der Waals surface area contributed by atoms with Crippen LogP contribution in [0.25, 0.3) is 0 Å². The van der Waals surface area contributed by atoms with Gasteiger partial charge in [0.15, 0.2) is 0 Å². The molecule has 1 amide bonds. The van der Waals surface area contributed by atoms with Crippen molar-refractivity contribution < 1.29 is 9.18 Å². The molecule has 0 aromatic heterocycles. The summed E-state index contributed by atoms with van der Waals surface area (Å²) in [6.45, 7) is 5.13. The zero-order chi connectivity index (χ0) is 15.5. The van der Waals surface area contributed by atoms with Crippen LogP contribution in [0.15, 0.2) is 24.3 Å². The van der Waals surface area contributed by atoms with Crippen molar-refractivity contribution in [2.75, 3.05) is 13.1 Å². The lowest BCUT2D eigenvalue weighted by molar-refractivity contribution is -0.137. The van der Waals surface area contributed by atoms with Crippen LogP contribution in [0, 0.1) is 11.7 Å². The van der Waals surface area contributed by atoms with E-state index >= 15 is 0 Å². The molecule has 116 valence electrons. The topological polar surface area (TPSA) is 46.3 Å². The molecule has 1 heterocycles. The van der Waals surface area contributed by atoms with Crippen LogP contribution in [0.1, 0.15) is 38.7 Å². The quantitative estimate of drug-likeness (QED) is 0.927. The Hall–Kier alpha value is -1.42. The van der Waals surface area contributed by atoms with Crippen LogP contribution in [-0.4, -0.2) is 29.4 Å². The molecule has 1 saturated heterocycles. The van der Waals surface area contributed by atoms with Gasteiger partial charge in [-0.1, -0.05) is 12.1 Å². The summed E-state index contributed by atoms with van der Waals surface area (Å²) in [5.41, 5.74) is 6.27. The summed E-state index contributed by atoms with van der Waals surface area (Å²) in [5.74, 6) is 0.349. The molecule has 0 saturated carbocycles. The molecule has 21 heavy (non-hydrogen) atoms. The SMILES string of the molecule is CC(C)(N)C(=O)N1CCC[C@@H](CCc2ccc(F)cc2)C1. The normalized spacial score (nSPS) is 19.6. The molecular weight excluding hydrogens is 267 g/mol. The van der Waals surface area contributed by atoms with Crippen molar-refractivity contribution in [2.45, 2.75) is 45.1 Å². The highest BCUT2D eigenvalue weighted by atomic mass is 19.1. The highest BCUT2D eigenvalue weighted by molar-refractivity contribution is 5.85. The molecule has 0 aliphatic carbocycles. The molecule has 1 aromatic carbocycles. The number of hydrogen-bond donors (Lipinski definition) is 1. The molecule has 0 radical (unpaired) electrons. The second kappa shape index (κ2) is 6.56. The molecular formula is C17H25FN2O. The first-order chi connectivity index (χ1) is 9.86. The average molecular weight is 292 g/mol. The third-order valence-electron chi connectivity index (χ3n) is 4.11. The molecule has 0 bridgehead atoms. The molecule has 4 heteroatoms. The number of carbonyl (C=O) groups is 1. The average Bonchev–Trinajstić information content (AvgIpc) is 2.45. The minimum absolute atomic E-state index is 0.0361. The van der Waals surface area contributed by atoms with Crippen molar-refractivity contribution in [2.24, 2.45) is 11.7 Å². The van der Waals surface area contributed by atoms with E-state index in [0.29, 0.717) is 5.92 Å². The Morgan fingerprint density at radius 2 is 2.05 bits per heavy atom. The van der Waals surface area contributed by atoms with Crippen molar-refractivity contribution in [1.29, 1.82) is 0 Å². The van der Waals surface area contributed by atoms with Crippen LogP contribution >= 0.6 is 0 Å². The number of halogens is 1. The number of carbonyl (C=O) groups excluding carboxylic acids is 1. The summed E-state index contributed by atoms with van der Waals surface area (Å²) in [6.07, 6.45) is 4.14. The van der Waals surface area contributed by atoms with Crippen molar-refractivity contribution in [3.63, 3.8) is 0 Å². The first-order valence-electron chi connectivity index (χ1n) is 7.69. The smallest absolute Gasteiger partial charge is 0.242 e. The Morgan fingerprint density at radius 1 is 1.38 bits per heavy atom. The Kier molecular flexibility index (Phi) is 4.99. The number of likely N-dealkylation sites (tertiary alicyclic amines) is 1. The number of rotatable bonds is 4. The van der Waals surface area contributed by atoms with Gasteiger partial charge in [0.1, 0.15) is 5.82 Å². The van der Waals surface area contributed by atoms with Gasteiger partial charge in [0, 0.05) is 13.1 Å². The molecule has 1 aromatic rings. The third-order valence-corrected chi connectivity index (χ3v) is 4.11. The van der Waals surface area contributed by atoms with Crippen molar-refractivity contribution >= 4 is 5.91 Å². The van der Waals surface area contributed by atoms with Gasteiger partial charge in [0.05, 0.1) is 5.54 Å². The number of benzene rings is 1. The van der Waals surface area contributed by atoms with Gasteiger partial charge in [0.25, 0.3) is 0 Å². The van der Waals surface area contributed by atoms with Gasteiger partial charge in [-0.15, -0.1) is 0 Å². The van der Waals surface area contributed by atoms with Crippen LogP contribution in [0.3, 0.4) is 0 Å². The molecule has 1 aliphatic rings. The van der Waals surface area contributed by atoms with E-state index in [-0.39, 0.29) is 11.7 Å². The summed E-state index contributed by atoms with van der Waals surface area (Å²) in [6, 6.07) is 6.68. The highest BCUT2D eigenvalue weighted by Crippen LogP contribution is 2.23. The lowest BCUT2D eigenvalue weighted by atomic mass is 9.90. The summed E-state index contributed by atoms with van der Waals surface area (Å²) in [7, 11) is 0. The Bertz CT molecular complexity index is 479.